The van der Waals surface area contributed by atoms with Crippen molar-refractivity contribution in [2.24, 2.45) is 0 Å². The predicted octanol–water partition coefficient (Wildman–Crippen LogP) is 0.850. The highest BCUT2D eigenvalue weighted by Crippen LogP contribution is 2.12. The minimum atomic E-state index is -0.953. The normalized spacial score (nSPS) is 12.2. The number of para-hydroxylation sites is 2. The van der Waals surface area contributed by atoms with Gasteiger partial charge in [0.2, 0.25) is 5.91 Å². The summed E-state index contributed by atoms with van der Waals surface area (Å²) in [6, 6.07) is 7.63. The zero-order chi connectivity index (χ0) is 18.5. The second-order valence-electron chi connectivity index (χ2n) is 6.15. The van der Waals surface area contributed by atoms with Crippen molar-refractivity contribution in [3.8, 4) is 0 Å². The first-order valence-electron chi connectivity index (χ1n) is 8.31. The average molecular weight is 356 g/mol. The molecule has 3 aromatic rings. The molecule has 0 aliphatic rings. The van der Waals surface area contributed by atoms with Gasteiger partial charge >= 0.3 is 5.97 Å². The van der Waals surface area contributed by atoms with E-state index in [2.05, 4.69) is 20.6 Å². The molecule has 2 heterocycles. The first kappa shape index (κ1) is 17.6. The fraction of sp³-hybridized carbons (Fsp3) is 0.353. The Balaban J connectivity index is 1.48. The summed E-state index contributed by atoms with van der Waals surface area (Å²) in [5.41, 5.74) is 2.30. The highest BCUT2D eigenvalue weighted by Gasteiger charge is 2.11. The van der Waals surface area contributed by atoms with Crippen LogP contribution >= 0.6 is 0 Å². The van der Waals surface area contributed by atoms with Crippen molar-refractivity contribution < 1.29 is 14.7 Å². The summed E-state index contributed by atoms with van der Waals surface area (Å²) < 4.78 is 3.49. The number of fused-ring (bicyclic) bond motifs is 1. The predicted molar refractivity (Wildman–Crippen MR) is 93.3 cm³/mol. The van der Waals surface area contributed by atoms with E-state index >= 15 is 0 Å². The summed E-state index contributed by atoms with van der Waals surface area (Å²) in [6.45, 7) is 2.83. The van der Waals surface area contributed by atoms with E-state index in [-0.39, 0.29) is 18.4 Å². The van der Waals surface area contributed by atoms with Gasteiger partial charge in [0.1, 0.15) is 0 Å². The molecule has 0 bridgehead atoms. The Kier molecular flexibility index (Phi) is 5.26. The largest absolute Gasteiger partial charge is 0.481 e. The van der Waals surface area contributed by atoms with Crippen molar-refractivity contribution in [3.05, 3.63) is 42.5 Å². The lowest BCUT2D eigenvalue weighted by Crippen LogP contribution is -2.36. The van der Waals surface area contributed by atoms with Gasteiger partial charge in [0.05, 0.1) is 36.0 Å². The van der Waals surface area contributed by atoms with Gasteiger partial charge < -0.3 is 15.0 Å². The number of benzene rings is 1. The van der Waals surface area contributed by atoms with E-state index in [0.29, 0.717) is 25.2 Å². The summed E-state index contributed by atoms with van der Waals surface area (Å²) in [5, 5.41) is 19.3. The Morgan fingerprint density at radius 1 is 1.31 bits per heavy atom. The molecular weight excluding hydrogens is 336 g/mol. The Labute approximate surface area is 149 Å². The SMILES string of the molecule is C[C@H](Cn1cc(CC(=O)O)nn1)NC(=O)CCn1cnc2ccccc21. The maximum Gasteiger partial charge on any atom is 0.309 e. The van der Waals surface area contributed by atoms with Gasteiger partial charge in [-0.3, -0.25) is 14.3 Å². The van der Waals surface area contributed by atoms with Gasteiger partial charge in [-0.15, -0.1) is 5.10 Å². The highest BCUT2D eigenvalue weighted by atomic mass is 16.4. The summed E-state index contributed by atoms with van der Waals surface area (Å²) >= 11 is 0. The lowest BCUT2D eigenvalue weighted by molar-refractivity contribution is -0.136. The van der Waals surface area contributed by atoms with E-state index < -0.39 is 5.97 Å². The van der Waals surface area contributed by atoms with Gasteiger partial charge in [-0.25, -0.2) is 4.98 Å². The molecule has 26 heavy (non-hydrogen) atoms. The molecule has 136 valence electrons. The molecule has 1 atom stereocenters. The number of nitrogens with one attached hydrogen (secondary N) is 1. The van der Waals surface area contributed by atoms with Crippen molar-refractivity contribution in [3.63, 3.8) is 0 Å². The molecule has 1 amide bonds. The molecule has 0 aliphatic heterocycles. The number of nitrogens with zero attached hydrogens (tertiary/aromatic N) is 5. The van der Waals surface area contributed by atoms with Crippen molar-refractivity contribution in [2.45, 2.75) is 38.9 Å². The molecule has 0 fully saturated rings. The molecular formula is C17H20N6O3. The van der Waals surface area contributed by atoms with Crippen molar-refractivity contribution >= 4 is 22.9 Å². The fourth-order valence-corrected chi connectivity index (χ4v) is 2.75. The first-order valence-corrected chi connectivity index (χ1v) is 8.31. The Bertz CT molecular complexity index is 916. The van der Waals surface area contributed by atoms with E-state index in [1.54, 1.807) is 12.5 Å². The van der Waals surface area contributed by atoms with Gasteiger partial charge in [0, 0.05) is 25.2 Å². The Morgan fingerprint density at radius 3 is 2.92 bits per heavy atom. The van der Waals surface area contributed by atoms with Gasteiger partial charge in [-0.1, -0.05) is 17.3 Å². The van der Waals surface area contributed by atoms with Crippen molar-refractivity contribution in [1.82, 2.24) is 29.9 Å². The third-order valence-corrected chi connectivity index (χ3v) is 3.89. The van der Waals surface area contributed by atoms with Gasteiger partial charge in [-0.2, -0.15) is 0 Å². The van der Waals surface area contributed by atoms with Crippen LogP contribution in [0.25, 0.3) is 11.0 Å². The zero-order valence-corrected chi connectivity index (χ0v) is 14.4. The number of carbonyl (C=O) groups is 2. The number of amides is 1. The van der Waals surface area contributed by atoms with Crippen LogP contribution in [-0.4, -0.2) is 47.6 Å². The van der Waals surface area contributed by atoms with Crippen LogP contribution in [-0.2, 0) is 29.1 Å². The van der Waals surface area contributed by atoms with Gasteiger partial charge in [0.25, 0.3) is 0 Å². The minimum Gasteiger partial charge on any atom is -0.481 e. The minimum absolute atomic E-state index is 0.0684. The molecule has 0 unspecified atom stereocenters. The fourth-order valence-electron chi connectivity index (χ4n) is 2.75. The van der Waals surface area contributed by atoms with Crippen LogP contribution in [0.2, 0.25) is 0 Å². The third kappa shape index (κ3) is 4.44. The smallest absolute Gasteiger partial charge is 0.309 e. The monoisotopic (exact) mass is 356 g/mol. The molecule has 0 saturated carbocycles. The topological polar surface area (TPSA) is 115 Å². The number of rotatable bonds is 8. The van der Waals surface area contributed by atoms with E-state index in [4.69, 9.17) is 5.11 Å². The van der Waals surface area contributed by atoms with Crippen LogP contribution in [0.4, 0.5) is 0 Å². The molecule has 1 aromatic carbocycles. The maximum absolute atomic E-state index is 12.2. The molecule has 0 radical (unpaired) electrons. The number of hydrogen-bond donors (Lipinski definition) is 2. The number of aryl methyl sites for hydroxylation is 1. The standard InChI is InChI=1S/C17H20N6O3/c1-12(9-23-10-13(20-21-23)8-17(25)26)19-16(24)6-7-22-11-18-14-4-2-3-5-15(14)22/h2-5,10-12H,6-9H2,1H3,(H,19,24)(H,25,26)/t12-/m1/s1. The van der Waals surface area contributed by atoms with Crippen LogP contribution in [0.5, 0.6) is 0 Å². The van der Waals surface area contributed by atoms with Gasteiger partial charge in [0.15, 0.2) is 0 Å². The average Bonchev–Trinajstić information content (AvgIpc) is 3.19. The molecule has 9 nitrogen and oxygen atoms in total. The molecule has 9 heteroatoms. The molecule has 0 aliphatic carbocycles. The number of carboxylic acids is 1. The van der Waals surface area contributed by atoms with Crippen molar-refractivity contribution in [1.29, 1.82) is 0 Å². The number of carbonyl (C=O) groups excluding carboxylic acids is 1. The van der Waals surface area contributed by atoms with Crippen LogP contribution < -0.4 is 5.32 Å². The van der Waals surface area contributed by atoms with Crippen LogP contribution in [0, 0.1) is 0 Å². The molecule has 0 saturated heterocycles. The van der Waals surface area contributed by atoms with Crippen molar-refractivity contribution in [2.75, 3.05) is 0 Å². The quantitative estimate of drug-likeness (QED) is 0.618. The molecule has 2 aromatic heterocycles. The van der Waals surface area contributed by atoms with E-state index in [9.17, 15) is 9.59 Å². The van der Waals surface area contributed by atoms with E-state index in [1.165, 1.54) is 4.68 Å². The second-order valence-corrected chi connectivity index (χ2v) is 6.15. The van der Waals surface area contributed by atoms with Crippen LogP contribution in [0.3, 0.4) is 0 Å². The lowest BCUT2D eigenvalue weighted by Gasteiger charge is -2.13. The third-order valence-electron chi connectivity index (χ3n) is 3.89. The summed E-state index contributed by atoms with van der Waals surface area (Å²) in [7, 11) is 0. The molecule has 3 rings (SSSR count). The number of aromatic nitrogens is 5. The maximum atomic E-state index is 12.2. The summed E-state index contributed by atoms with van der Waals surface area (Å²) in [5.74, 6) is -1.02. The zero-order valence-electron chi connectivity index (χ0n) is 14.4. The van der Waals surface area contributed by atoms with Crippen LogP contribution in [0.15, 0.2) is 36.8 Å². The lowest BCUT2D eigenvalue weighted by atomic mass is 10.3. The Hall–Kier alpha value is -3.23. The summed E-state index contributed by atoms with van der Waals surface area (Å²) in [4.78, 5) is 27.1. The first-order chi connectivity index (χ1) is 12.5. The number of imidazole rings is 1. The number of hydrogen-bond acceptors (Lipinski definition) is 5. The van der Waals surface area contributed by atoms with E-state index in [0.717, 1.165) is 11.0 Å². The number of carboxylic acid groups (broad SMARTS) is 1. The van der Waals surface area contributed by atoms with E-state index in [1.807, 2.05) is 35.8 Å². The highest BCUT2D eigenvalue weighted by molar-refractivity contribution is 5.77. The number of aliphatic carboxylic acids is 1. The molecule has 0 spiro atoms. The summed E-state index contributed by atoms with van der Waals surface area (Å²) in [6.07, 6.45) is 3.49. The molecule has 2 N–H and O–H groups in total. The van der Waals surface area contributed by atoms with Crippen LogP contribution in [0.1, 0.15) is 19.0 Å². The Morgan fingerprint density at radius 2 is 2.12 bits per heavy atom. The second kappa shape index (κ2) is 7.77. The van der Waals surface area contributed by atoms with Gasteiger partial charge in [-0.05, 0) is 19.1 Å².